The van der Waals surface area contributed by atoms with Crippen molar-refractivity contribution < 1.29 is 4.57 Å². The van der Waals surface area contributed by atoms with Gasteiger partial charge in [-0.05, 0) is 31.2 Å². The van der Waals surface area contributed by atoms with E-state index in [1.165, 1.54) is 88.4 Å². The van der Waals surface area contributed by atoms with Crippen LogP contribution >= 0.6 is 0 Å². The van der Waals surface area contributed by atoms with Crippen LogP contribution in [-0.2, 0) is 25.9 Å². The third-order valence-electron chi connectivity index (χ3n) is 5.52. The van der Waals surface area contributed by atoms with Gasteiger partial charge >= 0.3 is 0 Å². The molecule has 1 aromatic carbocycles. The summed E-state index contributed by atoms with van der Waals surface area (Å²) in [6, 6.07) is 10.9. The summed E-state index contributed by atoms with van der Waals surface area (Å²) in [6.45, 7) is 6.86. The maximum absolute atomic E-state index is 2.51. The van der Waals surface area contributed by atoms with Crippen molar-refractivity contribution in [3.05, 3.63) is 54.1 Å². The molecule has 0 amide bonds. The molecule has 0 aliphatic rings. The van der Waals surface area contributed by atoms with Crippen molar-refractivity contribution in [3.8, 4) is 0 Å². The lowest BCUT2D eigenvalue weighted by Crippen LogP contribution is -2.37. The lowest BCUT2D eigenvalue weighted by molar-refractivity contribution is -0.704. The van der Waals surface area contributed by atoms with Gasteiger partial charge in [-0.15, -0.1) is 0 Å². The van der Waals surface area contributed by atoms with Crippen LogP contribution in [0.5, 0.6) is 0 Å². The Labute approximate surface area is 167 Å². The smallest absolute Gasteiger partial charge is 0.234 e. The Morgan fingerprint density at radius 1 is 0.741 bits per heavy atom. The van der Waals surface area contributed by atoms with Crippen molar-refractivity contribution in [2.24, 2.45) is 0 Å². The average Bonchev–Trinajstić information content (AvgIpc) is 3.07. The molecule has 0 saturated heterocycles. The number of hydrogen-bond donors (Lipinski definition) is 0. The van der Waals surface area contributed by atoms with Crippen molar-refractivity contribution in [1.82, 2.24) is 4.57 Å². The predicted octanol–water partition coefficient (Wildman–Crippen LogP) is 6.50. The molecular formula is C25H41N2+. The zero-order chi connectivity index (χ0) is 19.2. The molecule has 0 aliphatic carbocycles. The first-order valence-corrected chi connectivity index (χ1v) is 11.5. The van der Waals surface area contributed by atoms with Gasteiger partial charge in [-0.3, -0.25) is 0 Å². The van der Waals surface area contributed by atoms with Crippen LogP contribution in [0.25, 0.3) is 0 Å². The molecule has 1 heterocycles. The summed E-state index contributed by atoms with van der Waals surface area (Å²) in [5.41, 5.74) is 1.45. The number of aromatic nitrogens is 2. The highest BCUT2D eigenvalue weighted by Crippen LogP contribution is 2.11. The standard InChI is InChI=1S/C25H41N2/c1-3-5-6-7-8-9-10-14-19-25-26(20-4-2)22-23-27(25)21-15-18-24-16-12-11-13-17-24/h11-13,16-17,22-23H,3-10,14-15,18-21H2,1-2H3/q+1. The van der Waals surface area contributed by atoms with Crippen LogP contribution in [0.2, 0.25) is 0 Å². The van der Waals surface area contributed by atoms with Gasteiger partial charge in [-0.1, -0.05) is 89.1 Å². The van der Waals surface area contributed by atoms with E-state index in [1.807, 2.05) is 0 Å². The van der Waals surface area contributed by atoms with E-state index in [0.717, 1.165) is 13.1 Å². The summed E-state index contributed by atoms with van der Waals surface area (Å²) in [7, 11) is 0. The quantitative estimate of drug-likeness (QED) is 0.250. The van der Waals surface area contributed by atoms with E-state index in [1.54, 1.807) is 0 Å². The molecule has 0 bridgehead atoms. The van der Waals surface area contributed by atoms with Gasteiger partial charge < -0.3 is 0 Å². The zero-order valence-corrected chi connectivity index (χ0v) is 17.8. The highest BCUT2D eigenvalue weighted by Gasteiger charge is 2.15. The molecule has 0 fully saturated rings. The highest BCUT2D eigenvalue weighted by atomic mass is 15.1. The number of nitrogens with zero attached hydrogens (tertiary/aromatic N) is 2. The molecule has 2 nitrogen and oxygen atoms in total. The molecule has 0 radical (unpaired) electrons. The fourth-order valence-electron chi connectivity index (χ4n) is 3.95. The molecule has 0 atom stereocenters. The Balaban J connectivity index is 1.76. The fraction of sp³-hybridized carbons (Fsp3) is 0.640. The van der Waals surface area contributed by atoms with Crippen LogP contribution < -0.4 is 4.57 Å². The number of unbranched alkanes of at least 4 members (excludes halogenated alkanes) is 7. The lowest BCUT2D eigenvalue weighted by Gasteiger charge is -2.06. The predicted molar refractivity (Wildman–Crippen MR) is 116 cm³/mol. The molecule has 0 unspecified atom stereocenters. The number of benzene rings is 1. The molecule has 2 heteroatoms. The third kappa shape index (κ3) is 8.32. The van der Waals surface area contributed by atoms with E-state index in [4.69, 9.17) is 0 Å². The van der Waals surface area contributed by atoms with Crippen molar-refractivity contribution in [3.63, 3.8) is 0 Å². The van der Waals surface area contributed by atoms with Gasteiger partial charge in [0.2, 0.25) is 0 Å². The topological polar surface area (TPSA) is 8.81 Å². The third-order valence-corrected chi connectivity index (χ3v) is 5.52. The molecule has 2 aromatic rings. The lowest BCUT2D eigenvalue weighted by atomic mass is 10.1. The van der Waals surface area contributed by atoms with Gasteiger partial charge in [0.1, 0.15) is 12.4 Å². The minimum absolute atomic E-state index is 1.14. The minimum Gasteiger partial charge on any atom is -0.234 e. The molecule has 0 aliphatic heterocycles. The monoisotopic (exact) mass is 369 g/mol. The molecule has 0 N–H and O–H groups in total. The highest BCUT2D eigenvalue weighted by molar-refractivity contribution is 5.14. The zero-order valence-electron chi connectivity index (χ0n) is 17.8. The maximum Gasteiger partial charge on any atom is 0.256 e. The van der Waals surface area contributed by atoms with Crippen molar-refractivity contribution in [2.45, 2.75) is 104 Å². The SMILES string of the molecule is CCCCCCCCCCc1n(CCC)cc[n+]1CCCc1ccccc1. The van der Waals surface area contributed by atoms with Gasteiger partial charge in [-0.25, -0.2) is 9.13 Å². The first-order chi connectivity index (χ1) is 13.3. The number of hydrogen-bond acceptors (Lipinski definition) is 0. The van der Waals surface area contributed by atoms with Crippen LogP contribution in [0.15, 0.2) is 42.7 Å². The van der Waals surface area contributed by atoms with Gasteiger partial charge in [0.15, 0.2) is 0 Å². The second kappa shape index (κ2) is 13.6. The Morgan fingerprint density at radius 2 is 1.44 bits per heavy atom. The van der Waals surface area contributed by atoms with Crippen LogP contribution in [0, 0.1) is 0 Å². The Hall–Kier alpha value is -1.57. The summed E-state index contributed by atoms with van der Waals surface area (Å²) in [6.07, 6.45) is 20.6. The van der Waals surface area contributed by atoms with Crippen molar-refractivity contribution >= 4 is 0 Å². The van der Waals surface area contributed by atoms with Crippen LogP contribution in [0.4, 0.5) is 0 Å². The molecule has 0 spiro atoms. The summed E-state index contributed by atoms with van der Waals surface area (Å²) < 4.78 is 5.00. The van der Waals surface area contributed by atoms with Gasteiger partial charge in [-0.2, -0.15) is 0 Å². The van der Waals surface area contributed by atoms with E-state index >= 15 is 0 Å². The van der Waals surface area contributed by atoms with Gasteiger partial charge in [0.25, 0.3) is 5.82 Å². The number of imidazole rings is 1. The Morgan fingerprint density at radius 3 is 2.15 bits per heavy atom. The normalized spacial score (nSPS) is 11.2. The summed E-state index contributed by atoms with van der Waals surface area (Å²) in [5, 5.41) is 0. The summed E-state index contributed by atoms with van der Waals surface area (Å²) in [4.78, 5) is 0. The molecule has 150 valence electrons. The largest absolute Gasteiger partial charge is 0.256 e. The van der Waals surface area contributed by atoms with E-state index in [-0.39, 0.29) is 0 Å². The van der Waals surface area contributed by atoms with Crippen LogP contribution in [-0.4, -0.2) is 4.57 Å². The molecule has 27 heavy (non-hydrogen) atoms. The van der Waals surface area contributed by atoms with E-state index in [9.17, 15) is 0 Å². The number of aryl methyl sites for hydroxylation is 3. The van der Waals surface area contributed by atoms with Crippen molar-refractivity contribution in [1.29, 1.82) is 0 Å². The van der Waals surface area contributed by atoms with Crippen LogP contribution in [0.3, 0.4) is 0 Å². The van der Waals surface area contributed by atoms with Gasteiger partial charge in [0, 0.05) is 6.42 Å². The average molecular weight is 370 g/mol. The summed E-state index contributed by atoms with van der Waals surface area (Å²) in [5.74, 6) is 1.54. The maximum atomic E-state index is 2.51. The fourth-order valence-corrected chi connectivity index (χ4v) is 3.95. The molecule has 2 rings (SSSR count). The molecular weight excluding hydrogens is 328 g/mol. The first-order valence-electron chi connectivity index (χ1n) is 11.5. The second-order valence-electron chi connectivity index (χ2n) is 7.92. The van der Waals surface area contributed by atoms with Crippen molar-refractivity contribution in [2.75, 3.05) is 0 Å². The van der Waals surface area contributed by atoms with E-state index in [0.29, 0.717) is 0 Å². The van der Waals surface area contributed by atoms with Gasteiger partial charge in [0.05, 0.1) is 13.1 Å². The Kier molecular flexibility index (Phi) is 10.9. The molecule has 1 aromatic heterocycles. The van der Waals surface area contributed by atoms with E-state index < -0.39 is 0 Å². The molecule has 0 saturated carbocycles. The first kappa shape index (κ1) is 21.7. The Bertz CT molecular complexity index is 600. The summed E-state index contributed by atoms with van der Waals surface area (Å²) >= 11 is 0. The second-order valence-corrected chi connectivity index (χ2v) is 7.92. The minimum atomic E-state index is 1.14. The van der Waals surface area contributed by atoms with Crippen LogP contribution in [0.1, 0.15) is 89.4 Å². The van der Waals surface area contributed by atoms with E-state index in [2.05, 4.69) is 65.7 Å². The number of rotatable bonds is 15.